The van der Waals surface area contributed by atoms with Crippen molar-refractivity contribution >= 4 is 21.8 Å². The predicted octanol–water partition coefficient (Wildman–Crippen LogP) is 8.14. The van der Waals surface area contributed by atoms with Crippen molar-refractivity contribution in [2.75, 3.05) is 0 Å². The van der Waals surface area contributed by atoms with E-state index in [4.69, 9.17) is 6.85 Å². The lowest BCUT2D eigenvalue weighted by molar-refractivity contribution is -0.633. The molecule has 172 valence electrons. The highest BCUT2D eigenvalue weighted by Crippen LogP contribution is 2.38. The second-order valence-electron chi connectivity index (χ2n) is 9.64. The van der Waals surface area contributed by atoms with E-state index in [0.29, 0.717) is 5.56 Å². The molecule has 0 N–H and O–H groups in total. The molecule has 2 nitrogen and oxygen atoms in total. The molecule has 34 heavy (non-hydrogen) atoms. The van der Waals surface area contributed by atoms with Crippen molar-refractivity contribution in [1.82, 2.24) is 4.57 Å². The molecular formula is C32H35N2+. The van der Waals surface area contributed by atoms with E-state index >= 15 is 0 Å². The van der Waals surface area contributed by atoms with Gasteiger partial charge in [-0.05, 0) is 60.1 Å². The zero-order chi connectivity index (χ0) is 28.5. The van der Waals surface area contributed by atoms with Crippen molar-refractivity contribution in [2.45, 2.75) is 53.3 Å². The molecule has 0 radical (unpaired) electrons. The summed E-state index contributed by atoms with van der Waals surface area (Å²) in [5.74, 6) is -0.989. The summed E-state index contributed by atoms with van der Waals surface area (Å²) >= 11 is 0. The van der Waals surface area contributed by atoms with Crippen LogP contribution in [0.5, 0.6) is 0 Å². The van der Waals surface area contributed by atoms with Crippen molar-refractivity contribution in [3.63, 3.8) is 0 Å². The molecule has 0 fully saturated rings. The molecule has 5 aromatic rings. The monoisotopic (exact) mass is 452 g/mol. The smallest absolute Gasteiger partial charge is 0.225 e. The van der Waals surface area contributed by atoms with Gasteiger partial charge in [0.05, 0.1) is 12.6 Å². The van der Waals surface area contributed by atoms with Crippen LogP contribution in [0.3, 0.4) is 0 Å². The van der Waals surface area contributed by atoms with Crippen LogP contribution in [0.2, 0.25) is 0 Å². The van der Waals surface area contributed by atoms with Gasteiger partial charge in [-0.2, -0.15) is 4.57 Å². The van der Waals surface area contributed by atoms with Gasteiger partial charge in [0.2, 0.25) is 0 Å². The highest BCUT2D eigenvalue weighted by atomic mass is 15.2. The van der Waals surface area contributed by atoms with E-state index in [1.54, 1.807) is 12.1 Å². The van der Waals surface area contributed by atoms with Crippen LogP contribution in [0.1, 0.15) is 68.6 Å². The molecule has 1 heterocycles. The standard InChI is InChI=1S/C32H35N2/c1-20(2)26-13-10-14-27(21(3)4)31(26)34-30-19-25-12-9-8-11-24(25)18-29(30)33(7)32(34)28-16-15-22(5)17-23(28)6/h8-21H,1-7H3/q+1/i5D3,20D,21D. The van der Waals surface area contributed by atoms with Gasteiger partial charge in [-0.1, -0.05) is 87.9 Å². The molecule has 5 rings (SSSR count). The lowest BCUT2D eigenvalue weighted by Gasteiger charge is -2.18. The number of benzene rings is 4. The molecule has 0 saturated carbocycles. The number of aromatic nitrogens is 2. The van der Waals surface area contributed by atoms with Gasteiger partial charge in [0.15, 0.2) is 11.0 Å². The first-order valence-electron chi connectivity index (χ1n) is 14.3. The first kappa shape index (κ1) is 17.1. The van der Waals surface area contributed by atoms with E-state index in [2.05, 4.69) is 33.4 Å². The second kappa shape index (κ2) is 8.43. The van der Waals surface area contributed by atoms with E-state index in [-0.39, 0.29) is 0 Å². The number of aryl methyl sites for hydroxylation is 3. The molecule has 0 bridgehead atoms. The quantitative estimate of drug-likeness (QED) is 0.243. The number of nitrogens with zero attached hydrogens (tertiary/aromatic N) is 2. The van der Waals surface area contributed by atoms with Crippen LogP contribution < -0.4 is 4.57 Å². The Bertz CT molecular complexity index is 1700. The van der Waals surface area contributed by atoms with E-state index < -0.39 is 18.6 Å². The summed E-state index contributed by atoms with van der Waals surface area (Å²) in [6, 6.07) is 23.8. The zero-order valence-electron chi connectivity index (χ0n) is 25.8. The van der Waals surface area contributed by atoms with Gasteiger partial charge in [0.25, 0.3) is 5.82 Å². The third kappa shape index (κ3) is 3.53. The molecule has 0 atom stereocenters. The van der Waals surface area contributed by atoms with Gasteiger partial charge in [-0.25, -0.2) is 4.57 Å². The fourth-order valence-electron chi connectivity index (χ4n) is 5.08. The first-order chi connectivity index (χ1) is 18.1. The van der Waals surface area contributed by atoms with Crippen LogP contribution in [0.25, 0.3) is 38.9 Å². The first-order valence-corrected chi connectivity index (χ1v) is 11.8. The number of fused-ring (bicyclic) bond motifs is 2. The summed E-state index contributed by atoms with van der Waals surface area (Å²) in [4.78, 5) is 0. The third-order valence-electron chi connectivity index (χ3n) is 6.78. The Morgan fingerprint density at radius 2 is 1.47 bits per heavy atom. The third-order valence-corrected chi connectivity index (χ3v) is 6.78. The van der Waals surface area contributed by atoms with Crippen LogP contribution in [-0.2, 0) is 7.05 Å². The van der Waals surface area contributed by atoms with Gasteiger partial charge in [-0.3, -0.25) is 0 Å². The van der Waals surface area contributed by atoms with E-state index in [1.165, 1.54) is 0 Å². The summed E-state index contributed by atoms with van der Waals surface area (Å²) < 4.78 is 46.2. The summed E-state index contributed by atoms with van der Waals surface area (Å²) in [5, 5.41) is 2.22. The van der Waals surface area contributed by atoms with Gasteiger partial charge in [0.1, 0.15) is 5.69 Å². The maximum atomic E-state index is 9.08. The lowest BCUT2D eigenvalue weighted by Crippen LogP contribution is -2.30. The minimum absolute atomic E-state index is 0.306. The van der Waals surface area contributed by atoms with E-state index in [1.807, 2.05) is 78.1 Å². The average molecular weight is 453 g/mol. The van der Waals surface area contributed by atoms with Crippen LogP contribution in [0, 0.1) is 13.8 Å². The Balaban J connectivity index is 2.01. The molecule has 0 amide bonds. The van der Waals surface area contributed by atoms with Gasteiger partial charge < -0.3 is 0 Å². The molecule has 0 saturated heterocycles. The van der Waals surface area contributed by atoms with Crippen molar-refractivity contribution in [1.29, 1.82) is 0 Å². The summed E-state index contributed by atoms with van der Waals surface area (Å²) in [7, 11) is 2.03. The van der Waals surface area contributed by atoms with Crippen molar-refractivity contribution < 1.29 is 11.4 Å². The Morgan fingerprint density at radius 1 is 0.824 bits per heavy atom. The number of rotatable bonds is 4. The van der Waals surface area contributed by atoms with Crippen LogP contribution in [0.15, 0.2) is 72.8 Å². The minimum atomic E-state index is -2.19. The Labute approximate surface area is 210 Å². The fourth-order valence-corrected chi connectivity index (χ4v) is 5.08. The number of imidazole rings is 1. The number of para-hydroxylation sites is 1. The summed E-state index contributed by atoms with van der Waals surface area (Å²) in [6.45, 7) is 7.26. The molecule has 0 aliphatic rings. The normalized spacial score (nSPS) is 15.1. The molecule has 0 aliphatic heterocycles. The number of hydrogen-bond donors (Lipinski definition) is 0. The lowest BCUT2D eigenvalue weighted by atomic mass is 9.92. The molecule has 0 spiro atoms. The second-order valence-corrected chi connectivity index (χ2v) is 9.64. The average Bonchev–Trinajstić information content (AvgIpc) is 3.11. The maximum absolute atomic E-state index is 9.08. The fraction of sp³-hybridized carbons (Fsp3) is 0.281. The highest BCUT2D eigenvalue weighted by molar-refractivity contribution is 5.96. The van der Waals surface area contributed by atoms with E-state index in [9.17, 15) is 0 Å². The number of hydrogen-bond acceptors (Lipinski definition) is 0. The molecule has 4 aromatic carbocycles. The van der Waals surface area contributed by atoms with Crippen LogP contribution in [-0.4, -0.2) is 4.57 Å². The largest absolute Gasteiger partial charge is 0.295 e. The maximum Gasteiger partial charge on any atom is 0.295 e. The Kier molecular flexibility index (Phi) is 4.24. The van der Waals surface area contributed by atoms with Gasteiger partial charge in [-0.15, -0.1) is 0 Å². The predicted molar refractivity (Wildman–Crippen MR) is 145 cm³/mol. The van der Waals surface area contributed by atoms with Crippen LogP contribution >= 0.6 is 0 Å². The Hall–Kier alpha value is -3.39. The van der Waals surface area contributed by atoms with E-state index in [0.717, 1.165) is 55.6 Å². The minimum Gasteiger partial charge on any atom is -0.225 e. The summed E-state index contributed by atoms with van der Waals surface area (Å²) in [6.07, 6.45) is 0. The van der Waals surface area contributed by atoms with Gasteiger partial charge in [0, 0.05) is 18.0 Å². The molecule has 0 aliphatic carbocycles. The highest BCUT2D eigenvalue weighted by Gasteiger charge is 2.31. The SMILES string of the molecule is [2H]C([2H])([2H])c1ccc(-c2n(-c3c(C([2H])(C)C)cccc3C([2H])(C)C)c3cc4ccccc4cc3[n+]2C)c(C)c1. The van der Waals surface area contributed by atoms with Crippen molar-refractivity contribution in [3.05, 3.63) is 95.1 Å². The molecule has 1 aromatic heterocycles. The van der Waals surface area contributed by atoms with Crippen molar-refractivity contribution in [3.8, 4) is 17.1 Å². The zero-order valence-corrected chi connectivity index (χ0v) is 20.8. The Morgan fingerprint density at radius 3 is 2.06 bits per heavy atom. The molecule has 0 unspecified atom stereocenters. The van der Waals surface area contributed by atoms with Crippen LogP contribution in [0.4, 0.5) is 0 Å². The molecule has 2 heteroatoms. The van der Waals surface area contributed by atoms with Crippen molar-refractivity contribution in [2.24, 2.45) is 7.05 Å². The summed E-state index contributed by atoms with van der Waals surface area (Å²) in [5.41, 5.74) is 6.50. The van der Waals surface area contributed by atoms with Gasteiger partial charge >= 0.3 is 0 Å². The molecular weight excluding hydrogens is 412 g/mol. The topological polar surface area (TPSA) is 8.81 Å².